The van der Waals surface area contributed by atoms with Gasteiger partial charge in [-0.1, -0.05) is 76.7 Å². The van der Waals surface area contributed by atoms with Crippen LogP contribution in [0, 0.1) is 6.92 Å². The minimum Gasteiger partial charge on any atom is -0.0870 e. The molecule has 0 atom stereocenters. The summed E-state index contributed by atoms with van der Waals surface area (Å²) in [6.45, 7) is 4.14. The summed E-state index contributed by atoms with van der Waals surface area (Å²) in [5.74, 6) is 0. The highest BCUT2D eigenvalue weighted by Gasteiger charge is 1.95. The van der Waals surface area contributed by atoms with Crippen molar-refractivity contribution >= 4 is 28.2 Å². The molecule has 0 aliphatic heterocycles. The zero-order chi connectivity index (χ0) is 11.1. The number of hydrogen-bond acceptors (Lipinski definition) is 0. The standard InChI is InChI=1S/C14H15I/c1-3-5-13(6-4-11-15)14-9-7-12(2)8-10-14/h3-11H,1-2H3/b5-3-,11-4-,13-6+. The Labute approximate surface area is 106 Å². The lowest BCUT2D eigenvalue weighted by Gasteiger charge is -2.02. The van der Waals surface area contributed by atoms with Gasteiger partial charge in [-0.05, 0) is 29.1 Å². The predicted octanol–water partition coefficient (Wildman–Crippen LogP) is 4.90. The number of aryl methyl sites for hydroxylation is 1. The Morgan fingerprint density at radius 3 is 2.40 bits per heavy atom. The van der Waals surface area contributed by atoms with Crippen molar-refractivity contribution in [3.63, 3.8) is 0 Å². The van der Waals surface area contributed by atoms with Crippen LogP contribution in [0.15, 0.2) is 52.7 Å². The average molecular weight is 310 g/mol. The molecular formula is C14H15I. The molecule has 0 nitrogen and oxygen atoms in total. The van der Waals surface area contributed by atoms with Gasteiger partial charge in [-0.2, -0.15) is 0 Å². The Kier molecular flexibility index (Phi) is 5.40. The first-order valence-electron chi connectivity index (χ1n) is 4.94. The van der Waals surface area contributed by atoms with Crippen molar-refractivity contribution in [2.24, 2.45) is 0 Å². The van der Waals surface area contributed by atoms with Crippen molar-refractivity contribution in [2.45, 2.75) is 13.8 Å². The van der Waals surface area contributed by atoms with Gasteiger partial charge in [-0.15, -0.1) is 0 Å². The summed E-state index contributed by atoms with van der Waals surface area (Å²) in [6.07, 6.45) is 8.36. The van der Waals surface area contributed by atoms with Gasteiger partial charge < -0.3 is 0 Å². The highest BCUT2D eigenvalue weighted by molar-refractivity contribution is 14.1. The SMILES string of the molecule is C\C=C/C(=C\C=C/I)c1ccc(C)cc1. The first kappa shape index (κ1) is 12.2. The summed E-state index contributed by atoms with van der Waals surface area (Å²) < 4.78 is 2.01. The summed E-state index contributed by atoms with van der Waals surface area (Å²) in [7, 11) is 0. The van der Waals surface area contributed by atoms with Crippen LogP contribution >= 0.6 is 22.6 Å². The molecule has 0 aliphatic rings. The Hall–Kier alpha value is -0.830. The molecule has 1 aromatic carbocycles. The van der Waals surface area contributed by atoms with E-state index in [4.69, 9.17) is 0 Å². The van der Waals surface area contributed by atoms with Gasteiger partial charge in [-0.3, -0.25) is 0 Å². The highest BCUT2D eigenvalue weighted by Crippen LogP contribution is 2.17. The van der Waals surface area contributed by atoms with Gasteiger partial charge in [-0.25, -0.2) is 0 Å². The van der Waals surface area contributed by atoms with Gasteiger partial charge in [0.25, 0.3) is 0 Å². The molecule has 1 aromatic rings. The van der Waals surface area contributed by atoms with E-state index < -0.39 is 0 Å². The molecule has 0 saturated carbocycles. The zero-order valence-corrected chi connectivity index (χ0v) is 11.2. The number of halogens is 1. The van der Waals surface area contributed by atoms with Crippen molar-refractivity contribution in [1.82, 2.24) is 0 Å². The van der Waals surface area contributed by atoms with Crippen LogP contribution in [-0.2, 0) is 0 Å². The second-order valence-corrected chi connectivity index (χ2v) is 4.03. The van der Waals surface area contributed by atoms with Crippen molar-refractivity contribution < 1.29 is 0 Å². The Balaban J connectivity index is 3.04. The van der Waals surface area contributed by atoms with Gasteiger partial charge in [0.15, 0.2) is 0 Å². The summed E-state index contributed by atoms with van der Waals surface area (Å²) in [5.41, 5.74) is 3.79. The van der Waals surface area contributed by atoms with E-state index in [-0.39, 0.29) is 0 Å². The van der Waals surface area contributed by atoms with Crippen LogP contribution in [0.2, 0.25) is 0 Å². The lowest BCUT2D eigenvalue weighted by Crippen LogP contribution is -1.80. The summed E-state index contributed by atoms with van der Waals surface area (Å²) in [5, 5.41) is 0. The number of rotatable bonds is 3. The van der Waals surface area contributed by atoms with Crippen molar-refractivity contribution in [1.29, 1.82) is 0 Å². The molecule has 0 unspecified atom stereocenters. The molecular weight excluding hydrogens is 295 g/mol. The minimum absolute atomic E-state index is 1.24. The molecule has 0 radical (unpaired) electrons. The number of allylic oxidation sites excluding steroid dienone is 5. The molecule has 0 amide bonds. The highest BCUT2D eigenvalue weighted by atomic mass is 127. The van der Waals surface area contributed by atoms with E-state index in [1.165, 1.54) is 16.7 Å². The lowest BCUT2D eigenvalue weighted by atomic mass is 10.0. The quantitative estimate of drug-likeness (QED) is 0.550. The molecule has 0 aliphatic carbocycles. The Bertz CT molecular complexity index is 380. The largest absolute Gasteiger partial charge is 0.0870 e. The third-order valence-electron chi connectivity index (χ3n) is 2.08. The molecule has 0 N–H and O–H groups in total. The van der Waals surface area contributed by atoms with Crippen molar-refractivity contribution in [3.05, 3.63) is 63.8 Å². The van der Waals surface area contributed by atoms with Gasteiger partial charge in [0.2, 0.25) is 0 Å². The van der Waals surface area contributed by atoms with Gasteiger partial charge in [0.1, 0.15) is 0 Å². The molecule has 0 fully saturated rings. The first-order chi connectivity index (χ1) is 7.27. The van der Waals surface area contributed by atoms with E-state index in [0.717, 1.165) is 0 Å². The maximum Gasteiger partial charge on any atom is -0.0184 e. The van der Waals surface area contributed by atoms with Crippen molar-refractivity contribution in [2.75, 3.05) is 0 Å². The second kappa shape index (κ2) is 6.62. The van der Waals surface area contributed by atoms with E-state index in [1.807, 2.05) is 11.0 Å². The maximum absolute atomic E-state index is 2.22. The van der Waals surface area contributed by atoms with Gasteiger partial charge in [0.05, 0.1) is 0 Å². The van der Waals surface area contributed by atoms with Crippen LogP contribution in [0.1, 0.15) is 18.1 Å². The fourth-order valence-corrected chi connectivity index (χ4v) is 1.52. The molecule has 0 bridgehead atoms. The summed E-state index contributed by atoms with van der Waals surface area (Å²) >= 11 is 2.22. The van der Waals surface area contributed by atoms with Crippen LogP contribution in [-0.4, -0.2) is 0 Å². The average Bonchev–Trinajstić information content (AvgIpc) is 2.25. The predicted molar refractivity (Wildman–Crippen MR) is 77.1 cm³/mol. The molecule has 78 valence electrons. The lowest BCUT2D eigenvalue weighted by molar-refractivity contribution is 1.45. The molecule has 0 spiro atoms. The van der Waals surface area contributed by atoms with Gasteiger partial charge >= 0.3 is 0 Å². The maximum atomic E-state index is 2.22. The topological polar surface area (TPSA) is 0 Å². The summed E-state index contributed by atoms with van der Waals surface area (Å²) in [4.78, 5) is 0. The molecule has 15 heavy (non-hydrogen) atoms. The Morgan fingerprint density at radius 2 is 1.87 bits per heavy atom. The molecule has 0 saturated heterocycles. The van der Waals surface area contributed by atoms with Crippen LogP contribution in [0.4, 0.5) is 0 Å². The number of hydrogen-bond donors (Lipinski definition) is 0. The van der Waals surface area contributed by atoms with Crippen LogP contribution in [0.5, 0.6) is 0 Å². The smallest absolute Gasteiger partial charge is 0.0184 e. The normalized spacial score (nSPS) is 12.9. The third-order valence-corrected chi connectivity index (χ3v) is 2.49. The second-order valence-electron chi connectivity index (χ2n) is 3.31. The van der Waals surface area contributed by atoms with Crippen LogP contribution < -0.4 is 0 Å². The third kappa shape index (κ3) is 4.04. The molecule has 1 heteroatoms. The van der Waals surface area contributed by atoms with E-state index in [1.54, 1.807) is 0 Å². The van der Waals surface area contributed by atoms with Gasteiger partial charge in [0, 0.05) is 0 Å². The van der Waals surface area contributed by atoms with Crippen LogP contribution in [0.3, 0.4) is 0 Å². The van der Waals surface area contributed by atoms with E-state index >= 15 is 0 Å². The Morgan fingerprint density at radius 1 is 1.20 bits per heavy atom. The van der Waals surface area contributed by atoms with E-state index in [0.29, 0.717) is 0 Å². The molecule has 0 heterocycles. The minimum atomic E-state index is 1.24. The van der Waals surface area contributed by atoms with E-state index in [9.17, 15) is 0 Å². The van der Waals surface area contributed by atoms with E-state index in [2.05, 4.69) is 78.1 Å². The molecule has 1 rings (SSSR count). The fourth-order valence-electron chi connectivity index (χ4n) is 1.31. The molecule has 0 aromatic heterocycles. The number of benzene rings is 1. The summed E-state index contributed by atoms with van der Waals surface area (Å²) in [6, 6.07) is 8.59. The van der Waals surface area contributed by atoms with Crippen LogP contribution in [0.25, 0.3) is 5.57 Å². The zero-order valence-electron chi connectivity index (χ0n) is 9.07. The van der Waals surface area contributed by atoms with Crippen molar-refractivity contribution in [3.8, 4) is 0 Å². The first-order valence-corrected chi connectivity index (χ1v) is 6.19. The monoisotopic (exact) mass is 310 g/mol. The fraction of sp³-hybridized carbons (Fsp3) is 0.143.